The average molecular weight is 504 g/mol. The van der Waals surface area contributed by atoms with E-state index in [1.165, 1.54) is 0 Å². The zero-order valence-corrected chi connectivity index (χ0v) is 18.6. The van der Waals surface area contributed by atoms with Crippen molar-refractivity contribution in [2.24, 2.45) is 11.7 Å². The number of hydrogen-bond acceptors (Lipinski definition) is 3. The van der Waals surface area contributed by atoms with Gasteiger partial charge in [0.15, 0.2) is 5.82 Å². The summed E-state index contributed by atoms with van der Waals surface area (Å²) in [6.45, 7) is 1.27. The van der Waals surface area contributed by atoms with Crippen LogP contribution in [0.2, 0.25) is 10.0 Å². The SMILES string of the molecule is NC(=O)N1CC(CCc2ccc(C3=CC(c4cc(Cl)c(F)c(Cl)c4)(C(F)(F)F)ON3)cc2)C1. The fourth-order valence-corrected chi connectivity index (χ4v) is 4.40. The van der Waals surface area contributed by atoms with Crippen molar-refractivity contribution < 1.29 is 27.2 Å². The van der Waals surface area contributed by atoms with Gasteiger partial charge < -0.3 is 10.6 Å². The van der Waals surface area contributed by atoms with Crippen LogP contribution in [0.25, 0.3) is 5.70 Å². The first-order valence-electron chi connectivity index (χ1n) is 10.0. The predicted octanol–water partition coefficient (Wildman–Crippen LogP) is 5.41. The zero-order valence-electron chi connectivity index (χ0n) is 17.1. The molecule has 5 nitrogen and oxygen atoms in total. The summed E-state index contributed by atoms with van der Waals surface area (Å²) in [5.74, 6) is -0.624. The first kappa shape index (κ1) is 23.7. The van der Waals surface area contributed by atoms with Crippen LogP contribution in [0, 0.1) is 11.7 Å². The molecule has 1 unspecified atom stereocenters. The molecule has 176 valence electrons. The maximum atomic E-state index is 14.1. The Morgan fingerprint density at radius 3 is 2.33 bits per heavy atom. The number of rotatable bonds is 5. The van der Waals surface area contributed by atoms with Crippen molar-refractivity contribution >= 4 is 34.9 Å². The molecule has 0 aliphatic carbocycles. The average Bonchev–Trinajstić information content (AvgIpc) is 3.17. The topological polar surface area (TPSA) is 67.6 Å². The van der Waals surface area contributed by atoms with E-state index in [0.717, 1.165) is 36.6 Å². The molecular weight excluding hydrogens is 485 g/mol. The number of carbonyl (C=O) groups is 1. The summed E-state index contributed by atoms with van der Waals surface area (Å²) >= 11 is 11.4. The van der Waals surface area contributed by atoms with E-state index in [4.69, 9.17) is 33.8 Å². The second-order valence-electron chi connectivity index (χ2n) is 8.09. The lowest BCUT2D eigenvalue weighted by Gasteiger charge is -2.38. The number of nitrogens with two attached hydrogens (primary N) is 1. The Morgan fingerprint density at radius 2 is 1.79 bits per heavy atom. The molecule has 2 aromatic carbocycles. The number of urea groups is 1. The van der Waals surface area contributed by atoms with Crippen molar-refractivity contribution in [2.45, 2.75) is 24.6 Å². The highest BCUT2D eigenvalue weighted by Crippen LogP contribution is 2.48. The van der Waals surface area contributed by atoms with Gasteiger partial charge in [0.05, 0.1) is 15.7 Å². The second-order valence-corrected chi connectivity index (χ2v) is 8.91. The van der Waals surface area contributed by atoms with Gasteiger partial charge in [0.2, 0.25) is 5.60 Å². The van der Waals surface area contributed by atoms with E-state index in [2.05, 4.69) is 5.48 Å². The normalized spacial score (nSPS) is 20.9. The number of alkyl halides is 3. The first-order valence-corrected chi connectivity index (χ1v) is 10.8. The maximum Gasteiger partial charge on any atom is 0.428 e. The van der Waals surface area contributed by atoms with Crippen molar-refractivity contribution in [1.82, 2.24) is 10.4 Å². The molecule has 2 aliphatic heterocycles. The van der Waals surface area contributed by atoms with Gasteiger partial charge in [-0.3, -0.25) is 10.3 Å². The van der Waals surface area contributed by atoms with Crippen molar-refractivity contribution in [3.63, 3.8) is 0 Å². The minimum Gasteiger partial charge on any atom is -0.351 e. The summed E-state index contributed by atoms with van der Waals surface area (Å²) in [4.78, 5) is 17.6. The highest BCUT2D eigenvalue weighted by Gasteiger charge is 2.59. The van der Waals surface area contributed by atoms with Crippen molar-refractivity contribution in [1.29, 1.82) is 0 Å². The molecule has 33 heavy (non-hydrogen) atoms. The molecule has 0 spiro atoms. The molecule has 2 aliphatic rings. The van der Waals surface area contributed by atoms with Gasteiger partial charge in [-0.05, 0) is 48.1 Å². The predicted molar refractivity (Wildman–Crippen MR) is 116 cm³/mol. The summed E-state index contributed by atoms with van der Waals surface area (Å²) in [6.07, 6.45) is -2.36. The van der Waals surface area contributed by atoms with Gasteiger partial charge in [0, 0.05) is 18.7 Å². The van der Waals surface area contributed by atoms with Crippen LogP contribution in [0.4, 0.5) is 22.4 Å². The third-order valence-corrected chi connectivity index (χ3v) is 6.43. The number of hydrogen-bond donors (Lipinski definition) is 2. The smallest absolute Gasteiger partial charge is 0.351 e. The second kappa shape index (κ2) is 8.70. The van der Waals surface area contributed by atoms with Crippen LogP contribution in [0.15, 0.2) is 42.5 Å². The minimum absolute atomic E-state index is 0.103. The van der Waals surface area contributed by atoms with E-state index in [9.17, 15) is 22.4 Å². The van der Waals surface area contributed by atoms with E-state index >= 15 is 0 Å². The van der Waals surface area contributed by atoms with Gasteiger partial charge >= 0.3 is 12.2 Å². The van der Waals surface area contributed by atoms with Crippen LogP contribution >= 0.6 is 23.2 Å². The Kier molecular flexibility index (Phi) is 6.24. The van der Waals surface area contributed by atoms with E-state index in [1.807, 2.05) is 12.1 Å². The number of carbonyl (C=O) groups excluding carboxylic acids is 1. The number of halogens is 6. The van der Waals surface area contributed by atoms with Crippen molar-refractivity contribution in [3.05, 3.63) is 75.0 Å². The summed E-state index contributed by atoms with van der Waals surface area (Å²) < 4.78 is 56.0. The summed E-state index contributed by atoms with van der Waals surface area (Å²) in [5.41, 5.74) is 5.80. The standard InChI is InChI=1S/C22H19Cl2F4N3O2/c23-16-7-15(8-17(24)19(16)25)21(22(26,27)28)9-18(30-33-21)14-5-3-12(4-6-14)1-2-13-10-31(11-13)20(29)32/h3-9,13,30H,1-2,10-11H2,(H2,29,32). The van der Waals surface area contributed by atoms with E-state index < -0.39 is 39.2 Å². The third kappa shape index (κ3) is 4.49. The molecule has 0 aromatic heterocycles. The Bertz CT molecular complexity index is 1080. The molecule has 2 aromatic rings. The number of primary amides is 1. The number of nitrogens with zero attached hydrogens (tertiary/aromatic N) is 1. The number of hydroxylamine groups is 1. The number of benzene rings is 2. The van der Waals surface area contributed by atoms with Gasteiger partial charge in [-0.15, -0.1) is 0 Å². The largest absolute Gasteiger partial charge is 0.428 e. The molecule has 0 bridgehead atoms. The molecule has 11 heteroatoms. The number of nitrogens with one attached hydrogen (secondary N) is 1. The van der Waals surface area contributed by atoms with Crippen LogP contribution in [0.5, 0.6) is 0 Å². The molecule has 1 fully saturated rings. The van der Waals surface area contributed by atoms with Crippen LogP contribution in [0.1, 0.15) is 23.1 Å². The van der Waals surface area contributed by atoms with Crippen molar-refractivity contribution in [3.8, 4) is 0 Å². The molecule has 0 radical (unpaired) electrons. The lowest BCUT2D eigenvalue weighted by atomic mass is 9.91. The highest BCUT2D eigenvalue weighted by atomic mass is 35.5. The number of aryl methyl sites for hydroxylation is 1. The summed E-state index contributed by atoms with van der Waals surface area (Å²) in [6, 6.07) is 8.29. The number of likely N-dealkylation sites (tertiary alicyclic amines) is 1. The molecule has 1 atom stereocenters. The summed E-state index contributed by atoms with van der Waals surface area (Å²) in [5, 5.41) is -1.08. The molecule has 2 heterocycles. The molecular formula is C22H19Cl2F4N3O2. The van der Waals surface area contributed by atoms with E-state index in [1.54, 1.807) is 17.0 Å². The highest BCUT2D eigenvalue weighted by molar-refractivity contribution is 6.35. The van der Waals surface area contributed by atoms with Gasteiger partial charge in [-0.1, -0.05) is 47.5 Å². The van der Waals surface area contributed by atoms with Crippen LogP contribution in [-0.4, -0.2) is 30.2 Å². The van der Waals surface area contributed by atoms with E-state index in [-0.39, 0.29) is 5.70 Å². The lowest BCUT2D eigenvalue weighted by molar-refractivity contribution is -0.269. The van der Waals surface area contributed by atoms with Gasteiger partial charge in [0.1, 0.15) is 0 Å². The van der Waals surface area contributed by atoms with E-state index in [0.29, 0.717) is 24.6 Å². The molecule has 4 rings (SSSR count). The van der Waals surface area contributed by atoms with Crippen LogP contribution in [0.3, 0.4) is 0 Å². The Morgan fingerprint density at radius 1 is 1.18 bits per heavy atom. The third-order valence-electron chi connectivity index (χ3n) is 5.88. The zero-order chi connectivity index (χ0) is 24.0. The molecule has 2 amide bonds. The maximum absolute atomic E-state index is 14.1. The van der Waals surface area contributed by atoms with Crippen LogP contribution < -0.4 is 11.2 Å². The quantitative estimate of drug-likeness (QED) is 0.423. The molecule has 3 N–H and O–H groups in total. The fraction of sp³-hybridized carbons (Fsp3) is 0.318. The molecule has 0 saturated carbocycles. The minimum atomic E-state index is -4.88. The number of amides is 2. The monoisotopic (exact) mass is 503 g/mol. The van der Waals surface area contributed by atoms with Crippen molar-refractivity contribution in [2.75, 3.05) is 13.1 Å². The Balaban J connectivity index is 1.52. The van der Waals surface area contributed by atoms with Gasteiger partial charge in [0.25, 0.3) is 0 Å². The first-order chi connectivity index (χ1) is 15.5. The van der Waals surface area contributed by atoms with Gasteiger partial charge in [-0.2, -0.15) is 13.2 Å². The Labute approximate surface area is 197 Å². The fourth-order valence-electron chi connectivity index (χ4n) is 3.91. The summed E-state index contributed by atoms with van der Waals surface area (Å²) in [7, 11) is 0. The lowest BCUT2D eigenvalue weighted by Crippen LogP contribution is -2.52. The van der Waals surface area contributed by atoms with Gasteiger partial charge in [-0.25, -0.2) is 9.18 Å². The molecule has 1 saturated heterocycles. The Hall–Kier alpha value is -2.49. The van der Waals surface area contributed by atoms with Crippen LogP contribution in [-0.2, 0) is 16.9 Å².